The largest absolute Gasteiger partial charge is 0.492 e. The lowest BCUT2D eigenvalue weighted by Crippen LogP contribution is -2.07. The molecule has 3 rings (SSSR count). The number of hydrogen-bond donors (Lipinski definition) is 0. The Morgan fingerprint density at radius 2 is 2.28 bits per heavy atom. The number of nitrogens with zero attached hydrogens (tertiary/aromatic N) is 2. The number of benzene rings is 1. The number of fused-ring (bicyclic) bond motifs is 1. The summed E-state index contributed by atoms with van der Waals surface area (Å²) in [6, 6.07) is 3.47. The number of aromatic nitrogens is 2. The third-order valence-corrected chi connectivity index (χ3v) is 3.31. The van der Waals surface area contributed by atoms with Gasteiger partial charge in [0.1, 0.15) is 18.2 Å². The molecule has 0 bridgehead atoms. The molecule has 94 valence electrons. The molecule has 0 N–H and O–H groups in total. The van der Waals surface area contributed by atoms with Crippen molar-refractivity contribution in [2.75, 3.05) is 6.61 Å². The van der Waals surface area contributed by atoms with Gasteiger partial charge in [-0.1, -0.05) is 0 Å². The maximum Gasteiger partial charge on any atom is 0.130 e. The number of hydrogen-bond acceptors (Lipinski definition) is 2. The first-order valence-electron chi connectivity index (χ1n) is 6.23. The highest BCUT2D eigenvalue weighted by atomic mass is 19.1. The molecule has 18 heavy (non-hydrogen) atoms. The van der Waals surface area contributed by atoms with Crippen molar-refractivity contribution in [1.29, 1.82) is 0 Å². The number of aryl methyl sites for hydroxylation is 1. The fourth-order valence-corrected chi connectivity index (χ4v) is 2.40. The Morgan fingerprint density at radius 1 is 1.33 bits per heavy atom. The molecule has 0 atom stereocenters. The molecule has 1 aliphatic carbocycles. The van der Waals surface area contributed by atoms with E-state index in [1.54, 1.807) is 12.5 Å². The van der Waals surface area contributed by atoms with Crippen LogP contribution in [-0.2, 0) is 19.4 Å². The fraction of sp³-hybridized carbons (Fsp3) is 0.357. The molecule has 0 amide bonds. The molecule has 0 spiro atoms. The molecule has 1 aliphatic rings. The van der Waals surface area contributed by atoms with Crippen LogP contribution in [0.5, 0.6) is 5.75 Å². The summed E-state index contributed by atoms with van der Waals surface area (Å²) in [6.07, 6.45) is 8.22. The van der Waals surface area contributed by atoms with Crippen LogP contribution in [0.25, 0.3) is 0 Å². The van der Waals surface area contributed by atoms with Crippen LogP contribution in [0.2, 0.25) is 0 Å². The van der Waals surface area contributed by atoms with Crippen LogP contribution < -0.4 is 4.74 Å². The van der Waals surface area contributed by atoms with Crippen molar-refractivity contribution in [2.45, 2.75) is 25.8 Å². The molecule has 2 aromatic rings. The summed E-state index contributed by atoms with van der Waals surface area (Å²) in [5.41, 5.74) is 1.98. The molecule has 0 saturated carbocycles. The molecule has 3 nitrogen and oxygen atoms in total. The van der Waals surface area contributed by atoms with Gasteiger partial charge in [0.2, 0.25) is 0 Å². The van der Waals surface area contributed by atoms with Gasteiger partial charge >= 0.3 is 0 Å². The van der Waals surface area contributed by atoms with E-state index in [0.29, 0.717) is 12.4 Å². The molecule has 0 unspecified atom stereocenters. The zero-order chi connectivity index (χ0) is 12.4. The number of ether oxygens (including phenoxy) is 1. The van der Waals surface area contributed by atoms with Gasteiger partial charge < -0.3 is 9.30 Å². The zero-order valence-electron chi connectivity index (χ0n) is 10.1. The van der Waals surface area contributed by atoms with Crippen LogP contribution in [-0.4, -0.2) is 16.2 Å². The fourth-order valence-electron chi connectivity index (χ4n) is 2.40. The average molecular weight is 246 g/mol. The molecular weight excluding hydrogens is 231 g/mol. The topological polar surface area (TPSA) is 27.1 Å². The van der Waals surface area contributed by atoms with Gasteiger partial charge in [-0.25, -0.2) is 9.37 Å². The van der Waals surface area contributed by atoms with Gasteiger partial charge in [0.25, 0.3) is 0 Å². The van der Waals surface area contributed by atoms with Crippen molar-refractivity contribution in [3.05, 3.63) is 47.8 Å². The lowest BCUT2D eigenvalue weighted by atomic mass is 10.1. The molecule has 1 aromatic carbocycles. The Labute approximate surface area is 105 Å². The average Bonchev–Trinajstić information content (AvgIpc) is 2.99. The number of imidazole rings is 1. The van der Waals surface area contributed by atoms with E-state index in [1.807, 2.05) is 16.8 Å². The summed E-state index contributed by atoms with van der Waals surface area (Å²) >= 11 is 0. The van der Waals surface area contributed by atoms with E-state index in [-0.39, 0.29) is 5.82 Å². The van der Waals surface area contributed by atoms with Crippen LogP contribution in [0.15, 0.2) is 30.9 Å². The van der Waals surface area contributed by atoms with Gasteiger partial charge in [0, 0.05) is 18.5 Å². The SMILES string of the molecule is Fc1cc(OCCn2ccnc2)cc2c1CCC2. The van der Waals surface area contributed by atoms with Crippen LogP contribution >= 0.6 is 0 Å². The normalized spacial score (nSPS) is 13.6. The summed E-state index contributed by atoms with van der Waals surface area (Å²) in [6.45, 7) is 1.24. The second kappa shape index (κ2) is 4.80. The summed E-state index contributed by atoms with van der Waals surface area (Å²) in [5.74, 6) is 0.510. The van der Waals surface area contributed by atoms with Crippen LogP contribution in [0.4, 0.5) is 4.39 Å². The maximum absolute atomic E-state index is 13.8. The number of halogens is 1. The molecule has 0 fully saturated rings. The minimum absolute atomic E-state index is 0.123. The maximum atomic E-state index is 13.8. The van der Waals surface area contributed by atoms with E-state index in [9.17, 15) is 4.39 Å². The van der Waals surface area contributed by atoms with Gasteiger partial charge in [0.05, 0.1) is 12.9 Å². The zero-order valence-corrected chi connectivity index (χ0v) is 10.1. The quantitative estimate of drug-likeness (QED) is 0.829. The Balaban J connectivity index is 1.65. The van der Waals surface area contributed by atoms with Crippen molar-refractivity contribution in [1.82, 2.24) is 9.55 Å². The predicted molar refractivity (Wildman–Crippen MR) is 66.1 cm³/mol. The molecule has 0 saturated heterocycles. The second-order valence-corrected chi connectivity index (χ2v) is 4.55. The van der Waals surface area contributed by atoms with Gasteiger partial charge in [-0.05, 0) is 36.5 Å². The van der Waals surface area contributed by atoms with Gasteiger partial charge in [-0.15, -0.1) is 0 Å². The third-order valence-electron chi connectivity index (χ3n) is 3.31. The Kier molecular flexibility index (Phi) is 3.00. The second-order valence-electron chi connectivity index (χ2n) is 4.55. The third kappa shape index (κ3) is 2.23. The first kappa shape index (κ1) is 11.3. The molecule has 0 radical (unpaired) electrons. The van der Waals surface area contributed by atoms with Crippen LogP contribution in [0.3, 0.4) is 0 Å². The Morgan fingerprint density at radius 3 is 3.11 bits per heavy atom. The summed E-state index contributed by atoms with van der Waals surface area (Å²) in [5, 5.41) is 0. The lowest BCUT2D eigenvalue weighted by molar-refractivity contribution is 0.296. The van der Waals surface area contributed by atoms with E-state index in [1.165, 1.54) is 6.07 Å². The van der Waals surface area contributed by atoms with Crippen molar-refractivity contribution in [3.63, 3.8) is 0 Å². The molecule has 1 aromatic heterocycles. The smallest absolute Gasteiger partial charge is 0.130 e. The lowest BCUT2D eigenvalue weighted by Gasteiger charge is -2.09. The van der Waals surface area contributed by atoms with Crippen molar-refractivity contribution in [3.8, 4) is 5.75 Å². The standard InChI is InChI=1S/C14H15FN2O/c15-14-9-12(8-11-2-1-3-13(11)14)18-7-6-17-5-4-16-10-17/h4-5,8-10H,1-3,6-7H2. The molecule has 1 heterocycles. The highest BCUT2D eigenvalue weighted by Crippen LogP contribution is 2.28. The molecule has 0 aliphatic heterocycles. The predicted octanol–water partition coefficient (Wildman–Crippen LogP) is 2.59. The highest BCUT2D eigenvalue weighted by Gasteiger charge is 2.16. The van der Waals surface area contributed by atoms with E-state index >= 15 is 0 Å². The minimum atomic E-state index is -0.123. The van der Waals surface area contributed by atoms with Crippen LogP contribution in [0.1, 0.15) is 17.5 Å². The van der Waals surface area contributed by atoms with E-state index < -0.39 is 0 Å². The van der Waals surface area contributed by atoms with Gasteiger partial charge in [-0.2, -0.15) is 0 Å². The minimum Gasteiger partial charge on any atom is -0.492 e. The number of rotatable bonds is 4. The highest BCUT2D eigenvalue weighted by molar-refractivity contribution is 5.39. The van der Waals surface area contributed by atoms with Crippen molar-refractivity contribution in [2.24, 2.45) is 0 Å². The summed E-state index contributed by atoms with van der Waals surface area (Å²) < 4.78 is 21.3. The van der Waals surface area contributed by atoms with Gasteiger partial charge in [-0.3, -0.25) is 0 Å². The first-order valence-corrected chi connectivity index (χ1v) is 6.23. The summed E-state index contributed by atoms with van der Waals surface area (Å²) in [4.78, 5) is 3.96. The van der Waals surface area contributed by atoms with E-state index in [4.69, 9.17) is 4.74 Å². The van der Waals surface area contributed by atoms with Crippen molar-refractivity contribution < 1.29 is 9.13 Å². The van der Waals surface area contributed by atoms with E-state index in [0.717, 1.165) is 36.9 Å². The van der Waals surface area contributed by atoms with Gasteiger partial charge in [0.15, 0.2) is 0 Å². The van der Waals surface area contributed by atoms with Crippen molar-refractivity contribution >= 4 is 0 Å². The van der Waals surface area contributed by atoms with E-state index in [2.05, 4.69) is 4.98 Å². The monoisotopic (exact) mass is 246 g/mol. The van der Waals surface area contributed by atoms with Crippen LogP contribution in [0, 0.1) is 5.82 Å². The Bertz CT molecular complexity index is 537. The Hall–Kier alpha value is -1.84. The molecular formula is C14H15FN2O. The molecule has 4 heteroatoms. The summed E-state index contributed by atoms with van der Waals surface area (Å²) in [7, 11) is 0. The first-order chi connectivity index (χ1) is 8.83.